The summed E-state index contributed by atoms with van der Waals surface area (Å²) >= 11 is 3.44. The van der Waals surface area contributed by atoms with Crippen LogP contribution in [0.15, 0.2) is 28.7 Å². The summed E-state index contributed by atoms with van der Waals surface area (Å²) in [6, 6.07) is 8.55. The van der Waals surface area contributed by atoms with Gasteiger partial charge in [0.15, 0.2) is 0 Å². The number of unbranched alkanes of at least 4 members (excludes halogenated alkanes) is 1. The Labute approximate surface area is 107 Å². The van der Waals surface area contributed by atoms with Crippen LogP contribution in [0.2, 0.25) is 0 Å². The van der Waals surface area contributed by atoms with E-state index in [1.165, 1.54) is 18.4 Å². The van der Waals surface area contributed by atoms with Crippen molar-refractivity contribution >= 4 is 15.9 Å². The lowest BCUT2D eigenvalue weighted by atomic mass is 10.1. The van der Waals surface area contributed by atoms with Gasteiger partial charge in [0.05, 0.1) is 0 Å². The Hall–Kier alpha value is -0.380. The van der Waals surface area contributed by atoms with E-state index in [9.17, 15) is 0 Å². The highest BCUT2D eigenvalue weighted by atomic mass is 79.9. The van der Waals surface area contributed by atoms with Gasteiger partial charge in [0, 0.05) is 4.47 Å². The minimum absolute atomic E-state index is 1.07. The first-order valence-corrected chi connectivity index (χ1v) is 6.72. The quantitative estimate of drug-likeness (QED) is 0.717. The van der Waals surface area contributed by atoms with E-state index < -0.39 is 0 Å². The van der Waals surface area contributed by atoms with E-state index in [0.29, 0.717) is 0 Å². The van der Waals surface area contributed by atoms with Crippen LogP contribution in [0, 0.1) is 0 Å². The second-order valence-electron chi connectivity index (χ2n) is 3.94. The van der Waals surface area contributed by atoms with E-state index >= 15 is 0 Å². The van der Waals surface area contributed by atoms with Gasteiger partial charge in [-0.2, -0.15) is 0 Å². The molecule has 0 saturated carbocycles. The van der Waals surface area contributed by atoms with Gasteiger partial charge < -0.3 is 10.6 Å². The van der Waals surface area contributed by atoms with Crippen molar-refractivity contribution in [3.63, 3.8) is 0 Å². The minimum atomic E-state index is 1.07. The number of nitrogens with one attached hydrogen (secondary N) is 2. The Morgan fingerprint density at radius 2 is 1.69 bits per heavy atom. The molecule has 2 N–H and O–H groups in total. The van der Waals surface area contributed by atoms with Crippen molar-refractivity contribution in [3.05, 3.63) is 34.3 Å². The molecule has 0 radical (unpaired) electrons. The molecule has 0 aliphatic heterocycles. The molecule has 0 amide bonds. The Morgan fingerprint density at radius 1 is 1.00 bits per heavy atom. The molecular weight excluding hydrogens is 264 g/mol. The van der Waals surface area contributed by atoms with Crippen LogP contribution >= 0.6 is 15.9 Å². The molecule has 0 spiro atoms. The van der Waals surface area contributed by atoms with Gasteiger partial charge in [0.1, 0.15) is 0 Å². The third-order valence-electron chi connectivity index (χ3n) is 2.53. The van der Waals surface area contributed by atoms with Crippen LogP contribution in [-0.2, 0) is 6.42 Å². The van der Waals surface area contributed by atoms with Crippen LogP contribution in [0.5, 0.6) is 0 Å². The van der Waals surface area contributed by atoms with Gasteiger partial charge in [-0.25, -0.2) is 0 Å². The summed E-state index contributed by atoms with van der Waals surface area (Å²) in [4.78, 5) is 0. The molecule has 1 aromatic carbocycles. The largest absolute Gasteiger partial charge is 0.320 e. The number of hydrogen-bond acceptors (Lipinski definition) is 2. The third-order valence-corrected chi connectivity index (χ3v) is 3.06. The molecular formula is C13H21BrN2. The summed E-state index contributed by atoms with van der Waals surface area (Å²) in [5.74, 6) is 0. The number of halogens is 1. The molecule has 90 valence electrons. The predicted octanol–water partition coefficient (Wildman–Crippen LogP) is 2.58. The highest BCUT2D eigenvalue weighted by Crippen LogP contribution is 2.10. The van der Waals surface area contributed by atoms with Crippen LogP contribution in [0.4, 0.5) is 0 Å². The average Bonchev–Trinajstić information content (AvgIpc) is 2.30. The maximum Gasteiger partial charge on any atom is 0.0175 e. The molecule has 0 fully saturated rings. The maximum absolute atomic E-state index is 3.47. The molecule has 0 aliphatic rings. The summed E-state index contributed by atoms with van der Waals surface area (Å²) in [7, 11) is 2.00. The van der Waals surface area contributed by atoms with Gasteiger partial charge in [0.2, 0.25) is 0 Å². The Morgan fingerprint density at radius 3 is 2.38 bits per heavy atom. The van der Waals surface area contributed by atoms with Crippen LogP contribution in [0.3, 0.4) is 0 Å². The van der Waals surface area contributed by atoms with Crippen molar-refractivity contribution in [2.75, 3.05) is 26.7 Å². The first-order valence-electron chi connectivity index (χ1n) is 5.92. The summed E-state index contributed by atoms with van der Waals surface area (Å²) in [5.41, 5.74) is 1.39. The Balaban J connectivity index is 2.01. The molecule has 0 saturated heterocycles. The van der Waals surface area contributed by atoms with Crippen molar-refractivity contribution in [3.8, 4) is 0 Å². The highest BCUT2D eigenvalue weighted by Gasteiger charge is 1.93. The fraction of sp³-hybridized carbons (Fsp3) is 0.538. The average molecular weight is 285 g/mol. The van der Waals surface area contributed by atoms with Crippen LogP contribution in [0.1, 0.15) is 18.4 Å². The van der Waals surface area contributed by atoms with Crippen molar-refractivity contribution in [2.45, 2.75) is 19.3 Å². The standard InChI is InChI=1S/C13H21BrN2/c1-15-9-2-3-10-16-11-8-12-4-6-13(14)7-5-12/h4-7,15-16H,2-3,8-11H2,1H3. The SMILES string of the molecule is CNCCCCNCCc1ccc(Br)cc1. The van der Waals surface area contributed by atoms with Crippen molar-refractivity contribution < 1.29 is 0 Å². The van der Waals surface area contributed by atoms with Gasteiger partial charge in [-0.05, 0) is 63.6 Å². The number of hydrogen-bond donors (Lipinski definition) is 2. The number of benzene rings is 1. The van der Waals surface area contributed by atoms with Crippen LogP contribution < -0.4 is 10.6 Å². The van der Waals surface area contributed by atoms with E-state index in [4.69, 9.17) is 0 Å². The fourth-order valence-electron chi connectivity index (χ4n) is 1.56. The lowest BCUT2D eigenvalue weighted by molar-refractivity contribution is 0.606. The van der Waals surface area contributed by atoms with E-state index in [0.717, 1.165) is 30.5 Å². The van der Waals surface area contributed by atoms with E-state index in [-0.39, 0.29) is 0 Å². The van der Waals surface area contributed by atoms with Crippen molar-refractivity contribution in [2.24, 2.45) is 0 Å². The normalized spacial score (nSPS) is 10.6. The zero-order chi connectivity index (χ0) is 11.6. The Bertz CT molecular complexity index is 272. The summed E-state index contributed by atoms with van der Waals surface area (Å²) in [5, 5.41) is 6.63. The van der Waals surface area contributed by atoms with Gasteiger partial charge >= 0.3 is 0 Å². The van der Waals surface area contributed by atoms with E-state index in [1.807, 2.05) is 7.05 Å². The highest BCUT2D eigenvalue weighted by molar-refractivity contribution is 9.10. The monoisotopic (exact) mass is 284 g/mol. The predicted molar refractivity (Wildman–Crippen MR) is 73.9 cm³/mol. The second kappa shape index (κ2) is 8.74. The molecule has 0 aliphatic carbocycles. The minimum Gasteiger partial charge on any atom is -0.320 e. The lowest BCUT2D eigenvalue weighted by Gasteiger charge is -2.05. The topological polar surface area (TPSA) is 24.1 Å². The molecule has 3 heteroatoms. The Kier molecular flexibility index (Phi) is 7.47. The molecule has 1 rings (SSSR count). The van der Waals surface area contributed by atoms with Crippen molar-refractivity contribution in [1.29, 1.82) is 0 Å². The summed E-state index contributed by atoms with van der Waals surface area (Å²) in [6.45, 7) is 3.31. The first-order chi connectivity index (χ1) is 7.83. The van der Waals surface area contributed by atoms with Gasteiger partial charge in [-0.15, -0.1) is 0 Å². The first kappa shape index (κ1) is 13.7. The molecule has 0 unspecified atom stereocenters. The molecule has 16 heavy (non-hydrogen) atoms. The number of rotatable bonds is 8. The fourth-order valence-corrected chi connectivity index (χ4v) is 1.82. The van der Waals surface area contributed by atoms with Crippen LogP contribution in [-0.4, -0.2) is 26.7 Å². The van der Waals surface area contributed by atoms with Crippen LogP contribution in [0.25, 0.3) is 0 Å². The van der Waals surface area contributed by atoms with Gasteiger partial charge in [-0.3, -0.25) is 0 Å². The van der Waals surface area contributed by atoms with Gasteiger partial charge in [0.25, 0.3) is 0 Å². The zero-order valence-electron chi connectivity index (χ0n) is 9.93. The molecule has 0 aromatic heterocycles. The second-order valence-corrected chi connectivity index (χ2v) is 4.85. The van der Waals surface area contributed by atoms with E-state index in [2.05, 4.69) is 50.8 Å². The summed E-state index contributed by atoms with van der Waals surface area (Å²) < 4.78 is 1.15. The van der Waals surface area contributed by atoms with E-state index in [1.54, 1.807) is 0 Å². The molecule has 0 bridgehead atoms. The molecule has 2 nitrogen and oxygen atoms in total. The summed E-state index contributed by atoms with van der Waals surface area (Å²) in [6.07, 6.45) is 3.61. The zero-order valence-corrected chi connectivity index (χ0v) is 11.5. The van der Waals surface area contributed by atoms with Gasteiger partial charge in [-0.1, -0.05) is 28.1 Å². The molecule has 0 atom stereocenters. The van der Waals surface area contributed by atoms with Crippen molar-refractivity contribution in [1.82, 2.24) is 10.6 Å². The smallest absolute Gasteiger partial charge is 0.0175 e. The third kappa shape index (κ3) is 6.26. The maximum atomic E-state index is 3.47. The molecule has 0 heterocycles. The molecule has 1 aromatic rings. The lowest BCUT2D eigenvalue weighted by Crippen LogP contribution is -2.19.